The van der Waals surface area contributed by atoms with Crippen molar-refractivity contribution in [3.05, 3.63) is 54.4 Å². The van der Waals surface area contributed by atoms with E-state index in [0.29, 0.717) is 6.04 Å². The SMILES string of the molecule is Cc1cccnc1-c1nc2cc(Nc3cccc(N4CCN5CCC[C@@H]5C4)n3)ncc2s1. The molecule has 2 aliphatic heterocycles. The summed E-state index contributed by atoms with van der Waals surface area (Å²) in [4.78, 5) is 23.8. The Kier molecular flexibility index (Phi) is 4.96. The molecule has 1 N–H and O–H groups in total. The number of nitrogens with one attached hydrogen (secondary N) is 1. The summed E-state index contributed by atoms with van der Waals surface area (Å²) in [5.41, 5.74) is 2.97. The summed E-state index contributed by atoms with van der Waals surface area (Å²) in [6.07, 6.45) is 6.30. The second kappa shape index (κ2) is 8.11. The van der Waals surface area contributed by atoms with Gasteiger partial charge in [-0.1, -0.05) is 12.1 Å². The number of pyridine rings is 3. The first-order valence-corrected chi connectivity index (χ1v) is 12.0. The fraction of sp³-hybridized carbons (Fsp3) is 0.333. The Morgan fingerprint density at radius 2 is 2.00 bits per heavy atom. The highest BCUT2D eigenvalue weighted by Gasteiger charge is 2.31. The normalized spacial score (nSPS) is 18.8. The highest BCUT2D eigenvalue weighted by Crippen LogP contribution is 2.32. The first kappa shape index (κ1) is 19.6. The van der Waals surface area contributed by atoms with Gasteiger partial charge in [-0.25, -0.2) is 15.0 Å². The fourth-order valence-corrected chi connectivity index (χ4v) is 5.69. The summed E-state index contributed by atoms with van der Waals surface area (Å²) >= 11 is 1.62. The Morgan fingerprint density at radius 3 is 2.94 bits per heavy atom. The van der Waals surface area contributed by atoms with Crippen molar-refractivity contribution in [1.29, 1.82) is 0 Å². The van der Waals surface area contributed by atoms with Crippen LogP contribution in [0.1, 0.15) is 18.4 Å². The molecule has 0 aromatic carbocycles. The number of fused-ring (bicyclic) bond motifs is 2. The van der Waals surface area contributed by atoms with E-state index in [-0.39, 0.29) is 0 Å². The summed E-state index contributed by atoms with van der Waals surface area (Å²) in [6.45, 7) is 6.54. The van der Waals surface area contributed by atoms with Crippen molar-refractivity contribution in [2.75, 3.05) is 36.4 Å². The third-order valence-corrected chi connectivity index (χ3v) is 7.40. The Morgan fingerprint density at radius 1 is 1.03 bits per heavy atom. The molecule has 4 aromatic heterocycles. The molecule has 0 unspecified atom stereocenters. The Labute approximate surface area is 191 Å². The summed E-state index contributed by atoms with van der Waals surface area (Å²) in [5.74, 6) is 2.58. The van der Waals surface area contributed by atoms with E-state index in [1.165, 1.54) is 19.4 Å². The molecule has 6 heterocycles. The van der Waals surface area contributed by atoms with Gasteiger partial charge in [-0.15, -0.1) is 11.3 Å². The minimum Gasteiger partial charge on any atom is -0.354 e. The predicted molar refractivity (Wildman–Crippen MR) is 130 cm³/mol. The lowest BCUT2D eigenvalue weighted by molar-refractivity contribution is 0.230. The lowest BCUT2D eigenvalue weighted by Crippen LogP contribution is -2.50. The number of piperazine rings is 1. The van der Waals surface area contributed by atoms with Crippen LogP contribution in [0.25, 0.3) is 20.9 Å². The van der Waals surface area contributed by atoms with E-state index in [1.807, 2.05) is 30.6 Å². The van der Waals surface area contributed by atoms with Crippen LogP contribution in [0.3, 0.4) is 0 Å². The molecule has 0 bridgehead atoms. The third kappa shape index (κ3) is 3.69. The molecule has 32 heavy (non-hydrogen) atoms. The molecule has 4 aromatic rings. The maximum Gasteiger partial charge on any atom is 0.143 e. The zero-order chi connectivity index (χ0) is 21.5. The van der Waals surface area contributed by atoms with Gasteiger partial charge in [0.1, 0.15) is 28.2 Å². The second-order valence-electron chi connectivity index (χ2n) is 8.51. The zero-order valence-corrected chi connectivity index (χ0v) is 18.8. The number of rotatable bonds is 4. The van der Waals surface area contributed by atoms with Crippen molar-refractivity contribution >= 4 is 39.0 Å². The minimum atomic E-state index is 0.674. The van der Waals surface area contributed by atoms with Crippen LogP contribution >= 0.6 is 11.3 Å². The van der Waals surface area contributed by atoms with E-state index in [4.69, 9.17) is 9.97 Å². The molecule has 0 spiro atoms. The second-order valence-corrected chi connectivity index (χ2v) is 9.54. The number of aryl methyl sites for hydroxylation is 1. The molecule has 2 fully saturated rings. The molecule has 1 atom stereocenters. The minimum absolute atomic E-state index is 0.674. The lowest BCUT2D eigenvalue weighted by Gasteiger charge is -2.38. The molecule has 6 rings (SSSR count). The average Bonchev–Trinajstić information content (AvgIpc) is 3.45. The molecular formula is C24H25N7S. The van der Waals surface area contributed by atoms with Crippen molar-refractivity contribution in [2.45, 2.75) is 25.8 Å². The van der Waals surface area contributed by atoms with E-state index in [2.05, 4.69) is 50.2 Å². The van der Waals surface area contributed by atoms with Crippen molar-refractivity contribution in [3.8, 4) is 10.7 Å². The van der Waals surface area contributed by atoms with Gasteiger partial charge in [0.2, 0.25) is 0 Å². The summed E-state index contributed by atoms with van der Waals surface area (Å²) in [6, 6.07) is 12.8. The smallest absolute Gasteiger partial charge is 0.143 e. The topological polar surface area (TPSA) is 70.1 Å². The van der Waals surface area contributed by atoms with Crippen LogP contribution in [0, 0.1) is 6.92 Å². The number of nitrogens with zero attached hydrogens (tertiary/aromatic N) is 6. The number of aromatic nitrogens is 4. The van der Waals surface area contributed by atoms with Crippen molar-refractivity contribution in [2.24, 2.45) is 0 Å². The summed E-state index contributed by atoms with van der Waals surface area (Å²) < 4.78 is 1.05. The molecule has 0 saturated carbocycles. The first-order chi connectivity index (χ1) is 15.7. The van der Waals surface area contributed by atoms with Gasteiger partial charge < -0.3 is 10.2 Å². The van der Waals surface area contributed by atoms with E-state index < -0.39 is 0 Å². The Hall–Kier alpha value is -3.10. The van der Waals surface area contributed by atoms with Gasteiger partial charge >= 0.3 is 0 Å². The highest BCUT2D eigenvalue weighted by molar-refractivity contribution is 7.21. The molecule has 162 valence electrons. The number of hydrogen-bond acceptors (Lipinski definition) is 8. The van der Waals surface area contributed by atoms with Crippen LogP contribution in [-0.4, -0.2) is 57.1 Å². The number of hydrogen-bond donors (Lipinski definition) is 1. The summed E-state index contributed by atoms with van der Waals surface area (Å²) in [5, 5.41) is 4.29. The average molecular weight is 444 g/mol. The van der Waals surface area contributed by atoms with Gasteiger partial charge in [0.25, 0.3) is 0 Å². The van der Waals surface area contributed by atoms with Crippen LogP contribution in [0.2, 0.25) is 0 Å². The van der Waals surface area contributed by atoms with E-state index in [0.717, 1.165) is 63.6 Å². The summed E-state index contributed by atoms with van der Waals surface area (Å²) in [7, 11) is 0. The largest absolute Gasteiger partial charge is 0.354 e. The quantitative estimate of drug-likeness (QED) is 0.498. The van der Waals surface area contributed by atoms with E-state index in [9.17, 15) is 0 Å². The molecular weight excluding hydrogens is 418 g/mol. The van der Waals surface area contributed by atoms with Crippen LogP contribution in [-0.2, 0) is 0 Å². The van der Waals surface area contributed by atoms with Gasteiger partial charge in [0, 0.05) is 44.1 Å². The maximum atomic E-state index is 4.88. The highest BCUT2D eigenvalue weighted by atomic mass is 32.1. The Bertz CT molecular complexity index is 1270. The standard InChI is InChI=1S/C24H25N7S/c1-16-5-3-9-25-23(16)24-27-18-13-21(26-14-19(18)32-24)28-20-7-2-8-22(29-20)31-12-11-30-10-4-6-17(30)15-31/h2-3,5,7-9,13-14,17H,4,6,10-12,15H2,1H3,(H,26,28,29)/t17-/m1/s1. The van der Waals surface area contributed by atoms with Crippen molar-refractivity contribution < 1.29 is 0 Å². The molecule has 0 radical (unpaired) electrons. The molecule has 0 amide bonds. The fourth-order valence-electron chi connectivity index (χ4n) is 4.71. The maximum absolute atomic E-state index is 4.88. The van der Waals surface area contributed by atoms with Gasteiger partial charge in [0.05, 0.1) is 10.2 Å². The zero-order valence-electron chi connectivity index (χ0n) is 18.0. The molecule has 8 heteroatoms. The number of anilines is 3. The molecule has 7 nitrogen and oxygen atoms in total. The Balaban J connectivity index is 1.23. The van der Waals surface area contributed by atoms with Gasteiger partial charge in [-0.05, 0) is 50.1 Å². The van der Waals surface area contributed by atoms with Crippen LogP contribution in [0.4, 0.5) is 17.5 Å². The molecule has 2 aliphatic rings. The predicted octanol–water partition coefficient (Wildman–Crippen LogP) is 4.48. The lowest BCUT2D eigenvalue weighted by atomic mass is 10.1. The number of thiazole rings is 1. The van der Waals surface area contributed by atoms with E-state index >= 15 is 0 Å². The molecule has 2 saturated heterocycles. The van der Waals surface area contributed by atoms with E-state index in [1.54, 1.807) is 11.3 Å². The van der Waals surface area contributed by atoms with Crippen LogP contribution < -0.4 is 10.2 Å². The third-order valence-electron chi connectivity index (χ3n) is 6.39. The van der Waals surface area contributed by atoms with Crippen molar-refractivity contribution in [1.82, 2.24) is 24.8 Å². The monoisotopic (exact) mass is 443 g/mol. The van der Waals surface area contributed by atoms with Crippen molar-refractivity contribution in [3.63, 3.8) is 0 Å². The van der Waals surface area contributed by atoms with Gasteiger partial charge in [-0.2, -0.15) is 0 Å². The van der Waals surface area contributed by atoms with Gasteiger partial charge in [-0.3, -0.25) is 9.88 Å². The van der Waals surface area contributed by atoms with Crippen LogP contribution in [0.15, 0.2) is 48.8 Å². The van der Waals surface area contributed by atoms with Crippen LogP contribution in [0.5, 0.6) is 0 Å². The molecule has 0 aliphatic carbocycles. The first-order valence-electron chi connectivity index (χ1n) is 11.1. The van der Waals surface area contributed by atoms with Gasteiger partial charge in [0.15, 0.2) is 0 Å².